The number of anilines is 3. The van der Waals surface area contributed by atoms with Crippen LogP contribution in [0.1, 0.15) is 62.4 Å². The molecule has 2 atom stereocenters. The minimum atomic E-state index is -4.58. The van der Waals surface area contributed by atoms with Crippen molar-refractivity contribution in [2.75, 3.05) is 55.0 Å². The number of nitrogens with zero attached hydrogens (tertiary/aromatic N) is 1. The van der Waals surface area contributed by atoms with E-state index < -0.39 is 49.9 Å². The molecule has 0 radical (unpaired) electrons. The second kappa shape index (κ2) is 20.9. The molecule has 2 heterocycles. The maximum atomic E-state index is 14.5. The Hall–Kier alpha value is -4.87. The Morgan fingerprint density at radius 2 is 1.15 bits per heavy atom. The molecule has 2 fully saturated rings. The first-order valence-corrected chi connectivity index (χ1v) is 29.7. The Balaban J connectivity index is 1.10. The molecule has 5 aromatic carbocycles. The summed E-state index contributed by atoms with van der Waals surface area (Å²) < 4.78 is 119. The van der Waals surface area contributed by atoms with Crippen LogP contribution in [0.5, 0.6) is 17.2 Å². The first kappa shape index (κ1) is 53.9. The van der Waals surface area contributed by atoms with Gasteiger partial charge in [0.2, 0.25) is 36.5 Å². The molecule has 11 N–H and O–H groups in total. The number of phenolic OH excluding ortho intramolecular Hbond substituents is 3. The van der Waals surface area contributed by atoms with Crippen molar-refractivity contribution in [3.05, 3.63) is 96.1 Å². The quantitative estimate of drug-likeness (QED) is 0.0154. The van der Waals surface area contributed by atoms with Crippen LogP contribution in [-0.2, 0) is 44.9 Å². The molecule has 384 valence electrons. The molecule has 2 aliphatic heterocycles. The lowest BCUT2D eigenvalue weighted by molar-refractivity contribution is -0.105. The fraction of sp³-hybridized carbons (Fsp3) is 0.356. The summed E-state index contributed by atoms with van der Waals surface area (Å²) in [5.74, 6) is -0.538. The SMILES string of the molecule is CC1(C)CNC(c2cc(S(=O)(=O)NCCCN(CCCNS(=O)(=O)c3ccc(O)c(C4NCC(C)(C)S4)c3)S(=O)(=O)c3cccc(S(=O)(=O)Nc4cccc5c(O)c(NC=O)cc(N)c45)c3)ccc2O)S1. The van der Waals surface area contributed by atoms with E-state index in [2.05, 4.69) is 30.1 Å². The molecule has 0 aromatic heterocycles. The number of benzene rings is 5. The number of rotatable bonds is 21. The van der Waals surface area contributed by atoms with Crippen LogP contribution in [0, 0.1) is 0 Å². The molecule has 0 bridgehead atoms. The van der Waals surface area contributed by atoms with Crippen molar-refractivity contribution >= 4 is 97.9 Å². The van der Waals surface area contributed by atoms with Crippen LogP contribution in [0.3, 0.4) is 0 Å². The van der Waals surface area contributed by atoms with Crippen LogP contribution >= 0.6 is 23.5 Å². The van der Waals surface area contributed by atoms with E-state index in [0.29, 0.717) is 30.6 Å². The first-order valence-electron chi connectivity index (χ1n) is 22.1. The summed E-state index contributed by atoms with van der Waals surface area (Å²) in [5.41, 5.74) is 6.94. The predicted octanol–water partition coefficient (Wildman–Crippen LogP) is 4.86. The number of nitrogen functional groups attached to an aromatic ring is 1. The van der Waals surface area contributed by atoms with E-state index in [-0.39, 0.29) is 114 Å². The largest absolute Gasteiger partial charge is 0.508 e. The lowest BCUT2D eigenvalue weighted by Crippen LogP contribution is -2.37. The molecule has 0 spiro atoms. The van der Waals surface area contributed by atoms with Crippen molar-refractivity contribution in [3.8, 4) is 17.2 Å². The Morgan fingerprint density at radius 1 is 0.662 bits per heavy atom. The molecule has 7 rings (SSSR count). The number of amides is 1. The zero-order valence-electron chi connectivity index (χ0n) is 39.0. The second-order valence-electron chi connectivity index (χ2n) is 18.1. The number of nitrogens with one attached hydrogen (secondary N) is 6. The summed E-state index contributed by atoms with van der Waals surface area (Å²) in [5, 5.41) is 40.4. The number of aromatic hydroxyl groups is 3. The van der Waals surface area contributed by atoms with Gasteiger partial charge in [-0.25, -0.2) is 43.1 Å². The summed E-state index contributed by atoms with van der Waals surface area (Å²) in [4.78, 5) is 9.94. The molecular weight excluding hydrogens is 1040 g/mol. The van der Waals surface area contributed by atoms with Crippen LogP contribution in [0.15, 0.2) is 105 Å². The first-order chi connectivity index (χ1) is 33.2. The maximum Gasteiger partial charge on any atom is 0.261 e. The molecule has 0 saturated carbocycles. The molecule has 2 saturated heterocycles. The highest BCUT2D eigenvalue weighted by atomic mass is 32.2. The van der Waals surface area contributed by atoms with Crippen molar-refractivity contribution < 1.29 is 53.8 Å². The molecule has 0 aliphatic carbocycles. The number of carbonyl (C=O) groups is 1. The molecule has 2 aliphatic rings. The number of carbonyl (C=O) groups excluding carboxylic acids is 1. The van der Waals surface area contributed by atoms with Gasteiger partial charge in [-0.2, -0.15) is 4.31 Å². The van der Waals surface area contributed by atoms with Crippen molar-refractivity contribution in [1.82, 2.24) is 24.4 Å². The fourth-order valence-corrected chi connectivity index (χ4v) is 15.6. The van der Waals surface area contributed by atoms with E-state index in [1.54, 1.807) is 0 Å². The summed E-state index contributed by atoms with van der Waals surface area (Å²) >= 11 is 3.08. The van der Waals surface area contributed by atoms with Gasteiger partial charge in [0, 0.05) is 76.3 Å². The third-order valence-corrected chi connectivity index (χ3v) is 20.7. The van der Waals surface area contributed by atoms with Gasteiger partial charge in [0.25, 0.3) is 10.0 Å². The van der Waals surface area contributed by atoms with E-state index in [9.17, 15) is 53.8 Å². The fourth-order valence-electron chi connectivity index (χ4n) is 8.01. The van der Waals surface area contributed by atoms with Crippen LogP contribution < -0.4 is 35.9 Å². The maximum absolute atomic E-state index is 14.5. The van der Waals surface area contributed by atoms with Gasteiger partial charge >= 0.3 is 0 Å². The molecule has 1 amide bonds. The number of fused-ring (bicyclic) bond motifs is 1. The van der Waals surface area contributed by atoms with Gasteiger partial charge < -0.3 is 37.0 Å². The van der Waals surface area contributed by atoms with Gasteiger partial charge in [-0.15, -0.1) is 23.5 Å². The average molecular weight is 1090 g/mol. The van der Waals surface area contributed by atoms with Crippen molar-refractivity contribution in [3.63, 3.8) is 0 Å². The average Bonchev–Trinajstić information content (AvgIpc) is 3.86. The summed E-state index contributed by atoms with van der Waals surface area (Å²) in [7, 11) is -17.5. The van der Waals surface area contributed by atoms with E-state index in [1.165, 1.54) is 102 Å². The molecule has 20 nitrogen and oxygen atoms in total. The third-order valence-electron chi connectivity index (χ3n) is 11.6. The normalized spacial score (nSPS) is 18.2. The minimum Gasteiger partial charge on any atom is -0.508 e. The third kappa shape index (κ3) is 12.3. The second-order valence-corrected chi connectivity index (χ2v) is 28.8. The predicted molar refractivity (Wildman–Crippen MR) is 276 cm³/mol. The zero-order valence-corrected chi connectivity index (χ0v) is 43.9. The zero-order chi connectivity index (χ0) is 51.7. The highest BCUT2D eigenvalue weighted by Crippen LogP contribution is 2.46. The highest BCUT2D eigenvalue weighted by molar-refractivity contribution is 8.01. The van der Waals surface area contributed by atoms with Crippen molar-refractivity contribution in [2.45, 2.75) is 80.4 Å². The number of thioether (sulfide) groups is 2. The number of sulfonamides is 4. The smallest absolute Gasteiger partial charge is 0.261 e. The number of phenols is 3. The number of hydrogen-bond donors (Lipinski definition) is 10. The van der Waals surface area contributed by atoms with Gasteiger partial charge in [0.1, 0.15) is 17.2 Å². The highest BCUT2D eigenvalue weighted by Gasteiger charge is 2.36. The summed E-state index contributed by atoms with van der Waals surface area (Å²) in [6, 6.07) is 17.9. The Morgan fingerprint density at radius 3 is 1.65 bits per heavy atom. The standard InChI is InChI=1S/C45H56N8O12S6/c1-44(2)25-47-42(66-44)33-22-29(13-15-38(33)55)68(58,59)50-17-7-19-53(20-8-18-51-69(60,61)30-14-16-39(56)34(23-30)43-48-26-45(3,4)67-43)71(64,65)31-10-5-9-28(21-31)70(62,63)52-36-12-6-11-32-40(36)35(46)24-37(41(32)57)49-27-54/h5-6,9-16,21-24,27,42-43,47-48,50-52,55-57H,7-8,17-20,25-26,46H2,1-4H3,(H,49,54). The lowest BCUT2D eigenvalue weighted by atomic mass is 10.0. The van der Waals surface area contributed by atoms with Crippen LogP contribution in [0.4, 0.5) is 17.1 Å². The summed E-state index contributed by atoms with van der Waals surface area (Å²) in [6.07, 6.45) is 0.176. The van der Waals surface area contributed by atoms with Crippen molar-refractivity contribution in [1.29, 1.82) is 0 Å². The molecule has 2 unspecified atom stereocenters. The van der Waals surface area contributed by atoms with Gasteiger partial charge in [0.15, 0.2) is 0 Å². The lowest BCUT2D eigenvalue weighted by Gasteiger charge is -2.23. The minimum absolute atomic E-state index is 0.00632. The van der Waals surface area contributed by atoms with E-state index in [0.717, 1.165) is 10.4 Å². The van der Waals surface area contributed by atoms with Crippen LogP contribution in [0.2, 0.25) is 0 Å². The van der Waals surface area contributed by atoms with E-state index >= 15 is 0 Å². The van der Waals surface area contributed by atoms with E-state index in [1.807, 2.05) is 27.7 Å². The Kier molecular flexibility index (Phi) is 15.9. The molecule has 26 heteroatoms. The van der Waals surface area contributed by atoms with Crippen molar-refractivity contribution in [2.24, 2.45) is 0 Å². The van der Waals surface area contributed by atoms with E-state index in [4.69, 9.17) is 5.73 Å². The van der Waals surface area contributed by atoms with Gasteiger partial charge in [-0.3, -0.25) is 9.52 Å². The van der Waals surface area contributed by atoms with Crippen LogP contribution in [0.25, 0.3) is 10.8 Å². The molecule has 5 aromatic rings. The molecule has 71 heavy (non-hydrogen) atoms. The van der Waals surface area contributed by atoms with Gasteiger partial charge in [0.05, 0.1) is 41.7 Å². The van der Waals surface area contributed by atoms with Gasteiger partial charge in [-0.05, 0) is 107 Å². The molecular formula is C45H56N8O12S6. The monoisotopic (exact) mass is 1090 g/mol. The summed E-state index contributed by atoms with van der Waals surface area (Å²) in [6.45, 7) is 8.26. The Labute approximate surface area is 422 Å². The number of hydrogen-bond acceptors (Lipinski definition) is 17. The Bertz CT molecular complexity index is 3190. The number of nitrogens with two attached hydrogens (primary N) is 1. The van der Waals surface area contributed by atoms with Gasteiger partial charge in [-0.1, -0.05) is 18.2 Å². The van der Waals surface area contributed by atoms with Crippen LogP contribution in [-0.4, -0.2) is 108 Å². The topological polar surface area (TPSA) is 316 Å².